The van der Waals surface area contributed by atoms with Crippen molar-refractivity contribution in [3.63, 3.8) is 0 Å². The fourth-order valence-electron chi connectivity index (χ4n) is 2.56. The number of nitrogens with one attached hydrogen (secondary N) is 1. The van der Waals surface area contributed by atoms with Gasteiger partial charge in [-0.15, -0.1) is 0 Å². The predicted molar refractivity (Wildman–Crippen MR) is 69.0 cm³/mol. The van der Waals surface area contributed by atoms with Gasteiger partial charge in [-0.25, -0.2) is 4.79 Å². The van der Waals surface area contributed by atoms with E-state index in [0.29, 0.717) is 6.54 Å². The highest BCUT2D eigenvalue weighted by Crippen LogP contribution is 2.35. The molecule has 0 bridgehead atoms. The first-order valence-electron chi connectivity index (χ1n) is 6.67. The van der Waals surface area contributed by atoms with Crippen LogP contribution in [-0.2, 0) is 9.59 Å². The average Bonchev–Trinajstić information content (AvgIpc) is 2.35. The Morgan fingerprint density at radius 3 is 2.22 bits per heavy atom. The van der Waals surface area contributed by atoms with Crippen molar-refractivity contribution < 1.29 is 14.7 Å². The van der Waals surface area contributed by atoms with Gasteiger partial charge in [0, 0.05) is 6.54 Å². The first-order valence-corrected chi connectivity index (χ1v) is 6.67. The quantitative estimate of drug-likeness (QED) is 0.687. The van der Waals surface area contributed by atoms with Crippen LogP contribution in [0.5, 0.6) is 0 Å². The zero-order valence-corrected chi connectivity index (χ0v) is 11.2. The van der Waals surface area contributed by atoms with Gasteiger partial charge in [0.15, 0.2) is 0 Å². The van der Waals surface area contributed by atoms with E-state index in [2.05, 4.69) is 5.32 Å². The van der Waals surface area contributed by atoms with Gasteiger partial charge in [-0.2, -0.15) is 0 Å². The fraction of sp³-hybridized carbons (Fsp3) is 0.846. The zero-order chi connectivity index (χ0) is 13.8. The zero-order valence-electron chi connectivity index (χ0n) is 11.2. The van der Waals surface area contributed by atoms with Crippen molar-refractivity contribution in [2.24, 2.45) is 17.1 Å². The van der Waals surface area contributed by atoms with Crippen LogP contribution in [-0.4, -0.2) is 29.6 Å². The van der Waals surface area contributed by atoms with E-state index in [0.717, 1.165) is 32.1 Å². The SMILES string of the molecule is CC(C)[C@@H](NC(=O)C1(CN)CCCCC1)C(=O)O. The minimum atomic E-state index is -0.985. The topological polar surface area (TPSA) is 92.4 Å². The first kappa shape index (κ1) is 15.0. The molecule has 0 spiro atoms. The lowest BCUT2D eigenvalue weighted by atomic mass is 9.73. The molecule has 1 aliphatic carbocycles. The van der Waals surface area contributed by atoms with E-state index in [-0.39, 0.29) is 11.8 Å². The van der Waals surface area contributed by atoms with Crippen LogP contribution in [0.2, 0.25) is 0 Å². The maximum atomic E-state index is 12.3. The molecule has 0 heterocycles. The lowest BCUT2D eigenvalue weighted by molar-refractivity contribution is -0.145. The molecule has 4 N–H and O–H groups in total. The Morgan fingerprint density at radius 2 is 1.83 bits per heavy atom. The summed E-state index contributed by atoms with van der Waals surface area (Å²) in [5.74, 6) is -1.31. The highest BCUT2D eigenvalue weighted by molar-refractivity contribution is 5.87. The Kier molecular flexibility index (Phi) is 5.14. The van der Waals surface area contributed by atoms with Gasteiger partial charge in [0.25, 0.3) is 0 Å². The summed E-state index contributed by atoms with van der Waals surface area (Å²) in [7, 11) is 0. The Morgan fingerprint density at radius 1 is 1.28 bits per heavy atom. The molecule has 1 aliphatic rings. The first-order chi connectivity index (χ1) is 8.43. The van der Waals surface area contributed by atoms with Gasteiger partial charge in [0.2, 0.25) is 5.91 Å². The van der Waals surface area contributed by atoms with Crippen LogP contribution in [0.15, 0.2) is 0 Å². The third-order valence-corrected chi connectivity index (χ3v) is 3.90. The van der Waals surface area contributed by atoms with Gasteiger partial charge in [-0.3, -0.25) is 4.79 Å². The third-order valence-electron chi connectivity index (χ3n) is 3.90. The van der Waals surface area contributed by atoms with E-state index >= 15 is 0 Å². The van der Waals surface area contributed by atoms with E-state index in [1.165, 1.54) is 0 Å². The molecule has 5 heteroatoms. The van der Waals surface area contributed by atoms with Gasteiger partial charge in [0.05, 0.1) is 5.41 Å². The number of hydrogen-bond acceptors (Lipinski definition) is 3. The van der Waals surface area contributed by atoms with E-state index in [9.17, 15) is 9.59 Å². The number of hydrogen-bond donors (Lipinski definition) is 3. The maximum Gasteiger partial charge on any atom is 0.326 e. The van der Waals surface area contributed by atoms with Crippen molar-refractivity contribution in [2.75, 3.05) is 6.54 Å². The van der Waals surface area contributed by atoms with Crippen molar-refractivity contribution in [3.05, 3.63) is 0 Å². The van der Waals surface area contributed by atoms with Gasteiger partial charge >= 0.3 is 5.97 Å². The maximum absolute atomic E-state index is 12.3. The summed E-state index contributed by atoms with van der Waals surface area (Å²) < 4.78 is 0. The molecule has 18 heavy (non-hydrogen) atoms. The van der Waals surface area contributed by atoms with E-state index in [1.807, 2.05) is 0 Å². The Bertz CT molecular complexity index is 309. The van der Waals surface area contributed by atoms with Crippen LogP contribution in [0.4, 0.5) is 0 Å². The molecular formula is C13H24N2O3. The van der Waals surface area contributed by atoms with Gasteiger partial charge in [-0.05, 0) is 18.8 Å². The number of aliphatic carboxylic acids is 1. The summed E-state index contributed by atoms with van der Waals surface area (Å²) >= 11 is 0. The van der Waals surface area contributed by atoms with Crippen LogP contribution in [0.3, 0.4) is 0 Å². The molecule has 0 aromatic rings. The molecule has 5 nitrogen and oxygen atoms in total. The van der Waals surface area contributed by atoms with Crippen molar-refractivity contribution in [1.29, 1.82) is 0 Å². The van der Waals surface area contributed by atoms with Crippen LogP contribution < -0.4 is 11.1 Å². The molecule has 0 aromatic carbocycles. The lowest BCUT2D eigenvalue weighted by Crippen LogP contribution is -2.53. The number of carboxylic acid groups (broad SMARTS) is 1. The molecule has 0 radical (unpaired) electrons. The normalized spacial score (nSPS) is 20.4. The molecule has 0 unspecified atom stereocenters. The average molecular weight is 256 g/mol. The molecule has 1 rings (SSSR count). The molecule has 104 valence electrons. The van der Waals surface area contributed by atoms with E-state index < -0.39 is 17.4 Å². The van der Waals surface area contributed by atoms with Crippen LogP contribution in [0, 0.1) is 11.3 Å². The van der Waals surface area contributed by atoms with Crippen molar-refractivity contribution in [1.82, 2.24) is 5.32 Å². The minimum Gasteiger partial charge on any atom is -0.480 e. The summed E-state index contributed by atoms with van der Waals surface area (Å²) in [6.45, 7) is 3.87. The summed E-state index contributed by atoms with van der Waals surface area (Å²) in [5.41, 5.74) is 5.20. The van der Waals surface area contributed by atoms with Gasteiger partial charge < -0.3 is 16.2 Å². The standard InChI is InChI=1S/C13H24N2O3/c1-9(2)10(11(16)17)15-12(18)13(8-14)6-4-3-5-7-13/h9-10H,3-8,14H2,1-2H3,(H,15,18)(H,16,17)/t10-/m1/s1. The Hall–Kier alpha value is -1.10. The second kappa shape index (κ2) is 6.18. The second-order valence-corrected chi connectivity index (χ2v) is 5.58. The molecule has 1 fully saturated rings. The lowest BCUT2D eigenvalue weighted by Gasteiger charge is -2.36. The number of nitrogens with two attached hydrogens (primary N) is 1. The van der Waals surface area contributed by atoms with Gasteiger partial charge in [0.1, 0.15) is 6.04 Å². The highest BCUT2D eigenvalue weighted by Gasteiger charge is 2.40. The largest absolute Gasteiger partial charge is 0.480 e. The minimum absolute atomic E-state index is 0.134. The molecular weight excluding hydrogens is 232 g/mol. The Labute approximate surface area is 108 Å². The second-order valence-electron chi connectivity index (χ2n) is 5.58. The smallest absolute Gasteiger partial charge is 0.326 e. The number of carbonyl (C=O) groups is 2. The molecule has 0 aromatic heterocycles. The monoisotopic (exact) mass is 256 g/mol. The van der Waals surface area contributed by atoms with Crippen LogP contribution in [0.1, 0.15) is 46.0 Å². The number of amides is 1. The van der Waals surface area contributed by atoms with E-state index in [1.54, 1.807) is 13.8 Å². The van der Waals surface area contributed by atoms with Crippen LogP contribution >= 0.6 is 0 Å². The number of carboxylic acids is 1. The molecule has 1 amide bonds. The van der Waals surface area contributed by atoms with Gasteiger partial charge in [-0.1, -0.05) is 33.1 Å². The summed E-state index contributed by atoms with van der Waals surface area (Å²) in [6.07, 6.45) is 4.63. The predicted octanol–water partition coefficient (Wildman–Crippen LogP) is 1.12. The van der Waals surface area contributed by atoms with Crippen LogP contribution in [0.25, 0.3) is 0 Å². The fourth-order valence-corrected chi connectivity index (χ4v) is 2.56. The number of carbonyl (C=O) groups excluding carboxylic acids is 1. The highest BCUT2D eigenvalue weighted by atomic mass is 16.4. The number of rotatable bonds is 5. The summed E-state index contributed by atoms with van der Waals surface area (Å²) in [6, 6.07) is -0.831. The molecule has 1 saturated carbocycles. The Balaban J connectivity index is 2.75. The molecule has 0 aliphatic heterocycles. The molecule has 0 saturated heterocycles. The molecule has 1 atom stereocenters. The van der Waals surface area contributed by atoms with Crippen molar-refractivity contribution in [3.8, 4) is 0 Å². The van der Waals surface area contributed by atoms with E-state index in [4.69, 9.17) is 10.8 Å². The van der Waals surface area contributed by atoms with Crippen molar-refractivity contribution in [2.45, 2.75) is 52.0 Å². The summed E-state index contributed by atoms with van der Waals surface area (Å²) in [4.78, 5) is 23.4. The van der Waals surface area contributed by atoms with Crippen molar-refractivity contribution >= 4 is 11.9 Å². The third kappa shape index (κ3) is 3.22. The summed E-state index contributed by atoms with van der Waals surface area (Å²) in [5, 5.41) is 11.8.